The fourth-order valence-corrected chi connectivity index (χ4v) is 3.43. The number of fused-ring (bicyclic) bond motifs is 1. The summed E-state index contributed by atoms with van der Waals surface area (Å²) in [7, 11) is 2.13. The summed E-state index contributed by atoms with van der Waals surface area (Å²) in [5.74, 6) is 0. The first kappa shape index (κ1) is 16.6. The van der Waals surface area contributed by atoms with Crippen LogP contribution in [0.2, 0.25) is 0 Å². The van der Waals surface area contributed by atoms with Gasteiger partial charge in [-0.25, -0.2) is 4.98 Å². The highest BCUT2D eigenvalue weighted by atomic mass is 16.1. The number of hydrogen-bond donors (Lipinski definition) is 1. The van der Waals surface area contributed by atoms with Gasteiger partial charge >= 0.3 is 0 Å². The number of benzene rings is 2. The highest BCUT2D eigenvalue weighted by Crippen LogP contribution is 2.21. The van der Waals surface area contributed by atoms with Gasteiger partial charge in [0.15, 0.2) is 0 Å². The molecule has 1 aromatic heterocycles. The summed E-state index contributed by atoms with van der Waals surface area (Å²) in [6, 6.07) is 11.5. The smallest absolute Gasteiger partial charge is 0.265 e. The van der Waals surface area contributed by atoms with Gasteiger partial charge in [0.1, 0.15) is 6.33 Å². The van der Waals surface area contributed by atoms with E-state index in [1.807, 2.05) is 37.3 Å². The van der Waals surface area contributed by atoms with Crippen molar-refractivity contribution in [2.45, 2.75) is 6.92 Å². The molecule has 0 aliphatic carbocycles. The maximum atomic E-state index is 13.1. The first-order chi connectivity index (χ1) is 12.5. The van der Waals surface area contributed by atoms with E-state index in [-0.39, 0.29) is 5.56 Å². The molecule has 1 fully saturated rings. The van der Waals surface area contributed by atoms with Gasteiger partial charge in [-0.2, -0.15) is 0 Å². The normalized spacial score (nSPS) is 15.5. The van der Waals surface area contributed by atoms with Crippen molar-refractivity contribution in [1.82, 2.24) is 14.5 Å². The Morgan fingerprint density at radius 2 is 1.81 bits per heavy atom. The van der Waals surface area contributed by atoms with Crippen molar-refractivity contribution >= 4 is 22.3 Å². The predicted molar refractivity (Wildman–Crippen MR) is 106 cm³/mol. The molecular formula is C20H23N5O. The Hall–Kier alpha value is -2.86. The van der Waals surface area contributed by atoms with Crippen LogP contribution in [0.1, 0.15) is 5.56 Å². The van der Waals surface area contributed by atoms with E-state index in [2.05, 4.69) is 27.9 Å². The molecule has 0 radical (unpaired) electrons. The predicted octanol–water partition coefficient (Wildman–Crippen LogP) is 2.03. The van der Waals surface area contributed by atoms with Crippen molar-refractivity contribution < 1.29 is 0 Å². The lowest BCUT2D eigenvalue weighted by atomic mass is 10.1. The molecule has 1 aliphatic rings. The molecule has 0 spiro atoms. The molecule has 3 aromatic rings. The topological polar surface area (TPSA) is 67.4 Å². The molecule has 6 heteroatoms. The number of hydrogen-bond acceptors (Lipinski definition) is 5. The molecule has 0 atom stereocenters. The Labute approximate surface area is 152 Å². The summed E-state index contributed by atoms with van der Waals surface area (Å²) in [6.45, 7) is 5.94. The van der Waals surface area contributed by atoms with Gasteiger partial charge in [0, 0.05) is 37.6 Å². The van der Waals surface area contributed by atoms with Crippen LogP contribution < -0.4 is 16.2 Å². The van der Waals surface area contributed by atoms with Crippen molar-refractivity contribution in [2.75, 3.05) is 43.9 Å². The van der Waals surface area contributed by atoms with Gasteiger partial charge in [-0.3, -0.25) is 9.36 Å². The number of aryl methyl sites for hydroxylation is 1. The quantitative estimate of drug-likeness (QED) is 0.717. The first-order valence-electron chi connectivity index (χ1n) is 8.84. The molecule has 0 saturated carbocycles. The van der Waals surface area contributed by atoms with Crippen LogP contribution in [0.3, 0.4) is 0 Å². The lowest BCUT2D eigenvalue weighted by Gasteiger charge is -2.34. The highest BCUT2D eigenvalue weighted by Gasteiger charge is 2.16. The highest BCUT2D eigenvalue weighted by molar-refractivity contribution is 5.82. The van der Waals surface area contributed by atoms with E-state index in [1.165, 1.54) is 0 Å². The minimum Gasteiger partial charge on any atom is -0.399 e. The zero-order valence-corrected chi connectivity index (χ0v) is 15.1. The van der Waals surface area contributed by atoms with E-state index >= 15 is 0 Å². The third kappa shape index (κ3) is 2.93. The van der Waals surface area contributed by atoms with Crippen LogP contribution in [0.25, 0.3) is 16.6 Å². The standard InChI is InChI=1S/C20H23N5O/c1-14-3-4-15(21)11-19(14)25-13-22-18-6-5-16(12-17(18)20(25)26)24-9-7-23(2)8-10-24/h3-6,11-13H,7-10,21H2,1-2H3. The van der Waals surface area contributed by atoms with Gasteiger partial charge in [-0.1, -0.05) is 6.07 Å². The molecule has 0 amide bonds. The molecular weight excluding hydrogens is 326 g/mol. The minimum absolute atomic E-state index is 0.0697. The number of anilines is 2. The average molecular weight is 349 g/mol. The SMILES string of the molecule is Cc1ccc(N)cc1-n1cnc2ccc(N3CCN(C)CC3)cc2c1=O. The van der Waals surface area contributed by atoms with Crippen molar-refractivity contribution in [3.8, 4) is 5.69 Å². The lowest BCUT2D eigenvalue weighted by molar-refractivity contribution is 0.313. The van der Waals surface area contributed by atoms with E-state index in [9.17, 15) is 4.79 Å². The zero-order chi connectivity index (χ0) is 18.3. The van der Waals surface area contributed by atoms with Crippen LogP contribution in [0.15, 0.2) is 47.5 Å². The second-order valence-electron chi connectivity index (χ2n) is 6.96. The van der Waals surface area contributed by atoms with E-state index in [0.717, 1.165) is 43.1 Å². The van der Waals surface area contributed by atoms with Gasteiger partial charge in [0.05, 0.1) is 16.6 Å². The number of likely N-dealkylation sites (N-methyl/N-ethyl adjacent to an activating group) is 1. The lowest BCUT2D eigenvalue weighted by Crippen LogP contribution is -2.44. The summed E-state index contributed by atoms with van der Waals surface area (Å²) in [5, 5.41) is 0.630. The van der Waals surface area contributed by atoms with Crippen molar-refractivity contribution in [2.24, 2.45) is 0 Å². The number of nitrogen functional groups attached to an aromatic ring is 1. The maximum absolute atomic E-state index is 13.1. The monoisotopic (exact) mass is 349 g/mol. The van der Waals surface area contributed by atoms with E-state index in [1.54, 1.807) is 10.9 Å². The number of nitrogens with zero attached hydrogens (tertiary/aromatic N) is 4. The molecule has 4 rings (SSSR count). The number of nitrogens with two attached hydrogens (primary N) is 1. The Bertz CT molecular complexity index is 1020. The summed E-state index contributed by atoms with van der Waals surface area (Å²) in [5.41, 5.74) is 10.0. The second-order valence-corrected chi connectivity index (χ2v) is 6.96. The van der Waals surface area contributed by atoms with Crippen LogP contribution in [0, 0.1) is 6.92 Å². The molecule has 2 heterocycles. The van der Waals surface area contributed by atoms with Crippen LogP contribution in [-0.2, 0) is 0 Å². The Morgan fingerprint density at radius 1 is 1.04 bits per heavy atom. The fraction of sp³-hybridized carbons (Fsp3) is 0.300. The molecule has 26 heavy (non-hydrogen) atoms. The molecule has 0 unspecified atom stereocenters. The molecule has 1 aliphatic heterocycles. The van der Waals surface area contributed by atoms with Crippen LogP contribution in [0.4, 0.5) is 11.4 Å². The van der Waals surface area contributed by atoms with E-state index in [0.29, 0.717) is 16.6 Å². The van der Waals surface area contributed by atoms with Gasteiger partial charge in [0.2, 0.25) is 0 Å². The average Bonchev–Trinajstić information content (AvgIpc) is 2.65. The zero-order valence-electron chi connectivity index (χ0n) is 15.1. The Balaban J connectivity index is 1.81. The molecule has 6 nitrogen and oxygen atoms in total. The van der Waals surface area contributed by atoms with Gasteiger partial charge in [-0.05, 0) is 49.9 Å². The summed E-state index contributed by atoms with van der Waals surface area (Å²) in [6.07, 6.45) is 1.59. The van der Waals surface area contributed by atoms with E-state index < -0.39 is 0 Å². The molecule has 2 aromatic carbocycles. The summed E-state index contributed by atoms with van der Waals surface area (Å²) >= 11 is 0. The van der Waals surface area contributed by atoms with Crippen LogP contribution in [-0.4, -0.2) is 47.7 Å². The molecule has 2 N–H and O–H groups in total. The largest absolute Gasteiger partial charge is 0.399 e. The van der Waals surface area contributed by atoms with Gasteiger partial charge in [-0.15, -0.1) is 0 Å². The molecule has 134 valence electrons. The van der Waals surface area contributed by atoms with E-state index in [4.69, 9.17) is 5.73 Å². The maximum Gasteiger partial charge on any atom is 0.265 e. The van der Waals surface area contributed by atoms with Crippen LogP contribution >= 0.6 is 0 Å². The third-order valence-corrected chi connectivity index (χ3v) is 5.10. The van der Waals surface area contributed by atoms with Gasteiger partial charge in [0.25, 0.3) is 5.56 Å². The Morgan fingerprint density at radius 3 is 2.58 bits per heavy atom. The number of aromatic nitrogens is 2. The second kappa shape index (κ2) is 6.46. The molecule has 0 bridgehead atoms. The first-order valence-corrected chi connectivity index (χ1v) is 8.84. The van der Waals surface area contributed by atoms with Crippen LogP contribution in [0.5, 0.6) is 0 Å². The van der Waals surface area contributed by atoms with Crippen molar-refractivity contribution in [3.05, 3.63) is 58.6 Å². The van der Waals surface area contributed by atoms with Crippen molar-refractivity contribution in [3.63, 3.8) is 0 Å². The minimum atomic E-state index is -0.0697. The Kier molecular flexibility index (Phi) is 4.12. The summed E-state index contributed by atoms with van der Waals surface area (Å²) in [4.78, 5) is 22.3. The third-order valence-electron chi connectivity index (χ3n) is 5.10. The molecule has 1 saturated heterocycles. The van der Waals surface area contributed by atoms with Crippen molar-refractivity contribution in [1.29, 1.82) is 0 Å². The summed E-state index contributed by atoms with van der Waals surface area (Å²) < 4.78 is 1.59. The van der Waals surface area contributed by atoms with Gasteiger partial charge < -0.3 is 15.5 Å². The number of piperazine rings is 1. The fourth-order valence-electron chi connectivity index (χ4n) is 3.43. The number of rotatable bonds is 2.